The van der Waals surface area contributed by atoms with E-state index in [1.54, 1.807) is 26.8 Å². The van der Waals surface area contributed by atoms with Crippen molar-refractivity contribution in [3.63, 3.8) is 0 Å². The molecule has 7 nitrogen and oxygen atoms in total. The zero-order chi connectivity index (χ0) is 18.0. The van der Waals surface area contributed by atoms with Crippen LogP contribution < -0.4 is 9.46 Å². The molecule has 0 fully saturated rings. The van der Waals surface area contributed by atoms with E-state index in [4.69, 9.17) is 9.26 Å². The quantitative estimate of drug-likeness (QED) is 0.858. The third-order valence-corrected chi connectivity index (χ3v) is 4.77. The van der Waals surface area contributed by atoms with Crippen molar-refractivity contribution in [2.75, 3.05) is 6.61 Å². The SMILES string of the molecule is CCOc1ccc(S(=O)(=O)NC(C)(C)C)cc1-c1nc(CC)no1. The molecule has 2 aromatic rings. The smallest absolute Gasteiger partial charge is 0.261 e. The van der Waals surface area contributed by atoms with Gasteiger partial charge in [-0.15, -0.1) is 0 Å². The van der Waals surface area contributed by atoms with Crippen LogP contribution in [-0.4, -0.2) is 30.7 Å². The highest BCUT2D eigenvalue weighted by atomic mass is 32.2. The fourth-order valence-corrected chi connectivity index (χ4v) is 3.54. The molecule has 1 heterocycles. The van der Waals surface area contributed by atoms with E-state index in [0.29, 0.717) is 30.2 Å². The van der Waals surface area contributed by atoms with Gasteiger partial charge in [0.05, 0.1) is 17.1 Å². The molecule has 0 aliphatic heterocycles. The molecule has 0 saturated carbocycles. The molecule has 0 unspecified atom stereocenters. The van der Waals surface area contributed by atoms with Crippen molar-refractivity contribution in [3.05, 3.63) is 24.0 Å². The van der Waals surface area contributed by atoms with E-state index in [1.165, 1.54) is 12.1 Å². The zero-order valence-corrected chi connectivity index (χ0v) is 15.4. The Morgan fingerprint density at radius 3 is 2.50 bits per heavy atom. The predicted octanol–water partition coefficient (Wildman–Crippen LogP) is 2.77. The molecule has 1 aromatic carbocycles. The number of hydrogen-bond donors (Lipinski definition) is 1. The maximum Gasteiger partial charge on any atom is 0.261 e. The monoisotopic (exact) mass is 353 g/mol. The third-order valence-electron chi connectivity index (χ3n) is 3.02. The van der Waals surface area contributed by atoms with Crippen molar-refractivity contribution in [1.29, 1.82) is 0 Å². The van der Waals surface area contributed by atoms with Crippen LogP contribution in [0.1, 0.15) is 40.4 Å². The number of nitrogens with zero attached hydrogens (tertiary/aromatic N) is 2. The summed E-state index contributed by atoms with van der Waals surface area (Å²) in [4.78, 5) is 4.38. The molecule has 0 radical (unpaired) electrons. The van der Waals surface area contributed by atoms with Crippen LogP contribution in [-0.2, 0) is 16.4 Å². The molecule has 0 amide bonds. The standard InChI is InChI=1S/C16H23N3O4S/c1-6-14-17-15(23-18-14)12-10-11(8-9-13(12)22-7-2)24(20,21)19-16(3,4)5/h8-10,19H,6-7H2,1-5H3. The summed E-state index contributed by atoms with van der Waals surface area (Å²) in [6.07, 6.45) is 0.622. The van der Waals surface area contributed by atoms with Gasteiger partial charge in [-0.25, -0.2) is 13.1 Å². The van der Waals surface area contributed by atoms with Crippen molar-refractivity contribution in [2.45, 2.75) is 51.5 Å². The first-order chi connectivity index (χ1) is 11.2. The molecule has 1 aromatic heterocycles. The number of aryl methyl sites for hydroxylation is 1. The lowest BCUT2D eigenvalue weighted by molar-refractivity contribution is 0.339. The van der Waals surface area contributed by atoms with E-state index >= 15 is 0 Å². The van der Waals surface area contributed by atoms with Crippen molar-refractivity contribution >= 4 is 10.0 Å². The highest BCUT2D eigenvalue weighted by molar-refractivity contribution is 7.89. The van der Waals surface area contributed by atoms with Gasteiger partial charge in [-0.3, -0.25) is 0 Å². The number of rotatable bonds is 6. The van der Waals surface area contributed by atoms with E-state index in [-0.39, 0.29) is 10.8 Å². The number of ether oxygens (including phenoxy) is 1. The highest BCUT2D eigenvalue weighted by Gasteiger charge is 2.24. The lowest BCUT2D eigenvalue weighted by atomic mass is 10.1. The number of nitrogens with one attached hydrogen (secondary N) is 1. The molecule has 132 valence electrons. The van der Waals surface area contributed by atoms with Crippen LogP contribution in [0.5, 0.6) is 5.75 Å². The molecule has 24 heavy (non-hydrogen) atoms. The van der Waals surface area contributed by atoms with Crippen LogP contribution in [0.2, 0.25) is 0 Å². The normalized spacial score (nSPS) is 12.4. The Balaban J connectivity index is 2.52. The van der Waals surface area contributed by atoms with Crippen molar-refractivity contribution in [2.24, 2.45) is 0 Å². The van der Waals surface area contributed by atoms with Crippen LogP contribution in [0.25, 0.3) is 11.5 Å². The topological polar surface area (TPSA) is 94.3 Å². The van der Waals surface area contributed by atoms with E-state index in [1.807, 2.05) is 13.8 Å². The largest absolute Gasteiger partial charge is 0.493 e. The number of sulfonamides is 1. The maximum absolute atomic E-state index is 12.5. The Bertz CT molecular complexity index is 807. The third kappa shape index (κ3) is 4.33. The minimum absolute atomic E-state index is 0.118. The average molecular weight is 353 g/mol. The molecular formula is C16H23N3O4S. The van der Waals surface area contributed by atoms with Crippen LogP contribution in [0.4, 0.5) is 0 Å². The van der Waals surface area contributed by atoms with Crippen molar-refractivity contribution in [3.8, 4) is 17.2 Å². The summed E-state index contributed by atoms with van der Waals surface area (Å²) in [5.41, 5.74) is -0.127. The summed E-state index contributed by atoms with van der Waals surface area (Å²) in [5, 5.41) is 3.86. The fraction of sp³-hybridized carbons (Fsp3) is 0.500. The molecule has 0 spiro atoms. The summed E-state index contributed by atoms with van der Waals surface area (Å²) in [7, 11) is -3.67. The summed E-state index contributed by atoms with van der Waals surface area (Å²) in [5.74, 6) is 1.29. The number of benzene rings is 1. The second kappa shape index (κ2) is 6.90. The minimum Gasteiger partial charge on any atom is -0.493 e. The lowest BCUT2D eigenvalue weighted by Gasteiger charge is -2.20. The van der Waals surface area contributed by atoms with Gasteiger partial charge >= 0.3 is 0 Å². The predicted molar refractivity (Wildman–Crippen MR) is 90.4 cm³/mol. The number of aromatic nitrogens is 2. The van der Waals surface area contributed by atoms with Crippen LogP contribution in [0.3, 0.4) is 0 Å². The first-order valence-corrected chi connectivity index (χ1v) is 9.28. The van der Waals surface area contributed by atoms with E-state index in [2.05, 4.69) is 14.9 Å². The van der Waals surface area contributed by atoms with Crippen molar-refractivity contribution < 1.29 is 17.7 Å². The van der Waals surface area contributed by atoms with Gasteiger partial charge in [0.25, 0.3) is 5.89 Å². The fourth-order valence-electron chi connectivity index (χ4n) is 2.09. The van der Waals surface area contributed by atoms with Crippen molar-refractivity contribution in [1.82, 2.24) is 14.9 Å². The Kier molecular flexibility index (Phi) is 5.29. The van der Waals surface area contributed by atoms with Gasteiger partial charge in [-0.2, -0.15) is 4.98 Å². The molecule has 0 aliphatic rings. The molecule has 8 heteroatoms. The summed E-state index contributed by atoms with van der Waals surface area (Å²) in [6.45, 7) is 9.55. The van der Waals surface area contributed by atoms with Gasteiger partial charge in [0.2, 0.25) is 10.0 Å². The van der Waals surface area contributed by atoms with Gasteiger partial charge in [0, 0.05) is 12.0 Å². The Morgan fingerprint density at radius 1 is 1.25 bits per heavy atom. The summed E-state index contributed by atoms with van der Waals surface area (Å²) >= 11 is 0. The molecule has 0 saturated heterocycles. The van der Waals surface area contributed by atoms with Crippen LogP contribution >= 0.6 is 0 Å². The van der Waals surface area contributed by atoms with Crippen LogP contribution in [0, 0.1) is 0 Å². The molecule has 0 atom stereocenters. The number of hydrogen-bond acceptors (Lipinski definition) is 6. The average Bonchev–Trinajstić information content (AvgIpc) is 2.94. The molecular weight excluding hydrogens is 330 g/mol. The first kappa shape index (κ1) is 18.4. The van der Waals surface area contributed by atoms with Crippen LogP contribution in [0.15, 0.2) is 27.6 Å². The lowest BCUT2D eigenvalue weighted by Crippen LogP contribution is -2.40. The van der Waals surface area contributed by atoms with Gasteiger partial charge in [0.15, 0.2) is 5.82 Å². The zero-order valence-electron chi connectivity index (χ0n) is 14.6. The Labute approximate surface area is 142 Å². The van der Waals surface area contributed by atoms with E-state index in [9.17, 15) is 8.42 Å². The van der Waals surface area contributed by atoms with Gasteiger partial charge < -0.3 is 9.26 Å². The van der Waals surface area contributed by atoms with E-state index < -0.39 is 15.6 Å². The summed E-state index contributed by atoms with van der Waals surface area (Å²) in [6, 6.07) is 4.59. The van der Waals surface area contributed by atoms with Gasteiger partial charge in [-0.1, -0.05) is 12.1 Å². The second-order valence-electron chi connectivity index (χ2n) is 6.32. The second-order valence-corrected chi connectivity index (χ2v) is 8.00. The highest BCUT2D eigenvalue weighted by Crippen LogP contribution is 2.31. The molecule has 2 rings (SSSR count). The molecule has 1 N–H and O–H groups in total. The Hall–Kier alpha value is -1.93. The van der Waals surface area contributed by atoms with Gasteiger partial charge in [-0.05, 0) is 45.9 Å². The maximum atomic E-state index is 12.5. The van der Waals surface area contributed by atoms with Gasteiger partial charge in [0.1, 0.15) is 5.75 Å². The first-order valence-electron chi connectivity index (χ1n) is 7.80. The Morgan fingerprint density at radius 2 is 1.96 bits per heavy atom. The minimum atomic E-state index is -3.67. The summed E-state index contributed by atoms with van der Waals surface area (Å²) < 4.78 is 38.5. The molecule has 0 aliphatic carbocycles. The molecule has 0 bridgehead atoms. The van der Waals surface area contributed by atoms with E-state index in [0.717, 1.165) is 0 Å².